The van der Waals surface area contributed by atoms with Crippen LogP contribution in [-0.4, -0.2) is 21.1 Å². The molecule has 1 N–H and O–H groups in total. The maximum Gasteiger partial charge on any atom is 0.216 e. The second-order valence-electron chi connectivity index (χ2n) is 5.96. The molecule has 1 aliphatic rings. The van der Waals surface area contributed by atoms with Gasteiger partial charge in [0.05, 0.1) is 23.4 Å². The van der Waals surface area contributed by atoms with Gasteiger partial charge in [-0.1, -0.05) is 30.3 Å². The molecule has 2 aromatic carbocycles. The molecule has 0 fully saturated rings. The molecule has 3 rings (SSSR count). The van der Waals surface area contributed by atoms with Gasteiger partial charge in [-0.3, -0.25) is 0 Å². The van der Waals surface area contributed by atoms with E-state index in [0.717, 1.165) is 16.9 Å². The van der Waals surface area contributed by atoms with Gasteiger partial charge >= 0.3 is 0 Å². The van der Waals surface area contributed by atoms with E-state index < -0.39 is 10.0 Å². The van der Waals surface area contributed by atoms with Gasteiger partial charge in [0.2, 0.25) is 10.0 Å². The van der Waals surface area contributed by atoms with Crippen molar-refractivity contribution in [1.29, 1.82) is 5.26 Å². The van der Waals surface area contributed by atoms with Gasteiger partial charge in [-0.05, 0) is 42.2 Å². The first-order valence-corrected chi connectivity index (χ1v) is 9.32. The SMILES string of the molecule is Cc1cccc2c1OCC(NS(=O)(=O)Cc1ccc(C#N)cc1)C2. The summed E-state index contributed by atoms with van der Waals surface area (Å²) >= 11 is 0. The van der Waals surface area contributed by atoms with Crippen molar-refractivity contribution in [3.63, 3.8) is 0 Å². The molecule has 0 saturated heterocycles. The van der Waals surface area contributed by atoms with E-state index in [-0.39, 0.29) is 11.8 Å². The van der Waals surface area contributed by atoms with Crippen LogP contribution in [0.5, 0.6) is 5.75 Å². The largest absolute Gasteiger partial charge is 0.491 e. The highest BCUT2D eigenvalue weighted by Crippen LogP contribution is 2.28. The van der Waals surface area contributed by atoms with Crippen molar-refractivity contribution >= 4 is 10.0 Å². The number of aryl methyl sites for hydroxylation is 1. The Hall–Kier alpha value is -2.36. The number of para-hydroxylation sites is 1. The highest BCUT2D eigenvalue weighted by atomic mass is 32.2. The minimum atomic E-state index is -3.48. The summed E-state index contributed by atoms with van der Waals surface area (Å²) in [5.41, 5.74) is 3.24. The molecule has 0 bridgehead atoms. The number of hydrogen-bond donors (Lipinski definition) is 1. The van der Waals surface area contributed by atoms with Crippen LogP contribution in [-0.2, 0) is 22.2 Å². The van der Waals surface area contributed by atoms with Crippen LogP contribution in [0, 0.1) is 18.3 Å². The lowest BCUT2D eigenvalue weighted by Gasteiger charge is -2.27. The van der Waals surface area contributed by atoms with Crippen molar-refractivity contribution < 1.29 is 13.2 Å². The second kappa shape index (κ2) is 6.63. The molecular weight excluding hydrogens is 324 g/mol. The Morgan fingerprint density at radius 2 is 2.00 bits per heavy atom. The van der Waals surface area contributed by atoms with E-state index in [1.807, 2.05) is 31.2 Å². The number of fused-ring (bicyclic) bond motifs is 1. The van der Waals surface area contributed by atoms with Crippen molar-refractivity contribution in [1.82, 2.24) is 4.72 Å². The Morgan fingerprint density at radius 3 is 2.71 bits per heavy atom. The zero-order valence-electron chi connectivity index (χ0n) is 13.3. The number of nitrogens with zero attached hydrogens (tertiary/aromatic N) is 1. The number of nitriles is 1. The molecule has 1 aliphatic heterocycles. The fourth-order valence-electron chi connectivity index (χ4n) is 2.86. The van der Waals surface area contributed by atoms with E-state index in [2.05, 4.69) is 4.72 Å². The normalized spacial score (nSPS) is 16.8. The summed E-state index contributed by atoms with van der Waals surface area (Å²) in [6.07, 6.45) is 0.615. The standard InChI is InChI=1S/C18H18N2O3S/c1-13-3-2-4-16-9-17(11-23-18(13)16)20-24(21,22)12-15-7-5-14(10-19)6-8-15/h2-8,17,20H,9,11-12H2,1H3. The maximum absolute atomic E-state index is 12.4. The molecule has 1 heterocycles. The molecule has 5 nitrogen and oxygen atoms in total. The number of hydrogen-bond acceptors (Lipinski definition) is 4. The van der Waals surface area contributed by atoms with Gasteiger partial charge in [-0.2, -0.15) is 5.26 Å². The first kappa shape index (κ1) is 16.5. The average Bonchev–Trinajstić information content (AvgIpc) is 2.55. The number of benzene rings is 2. The molecule has 6 heteroatoms. The molecule has 0 saturated carbocycles. The van der Waals surface area contributed by atoms with E-state index in [1.165, 1.54) is 0 Å². The minimum Gasteiger partial charge on any atom is -0.491 e. The van der Waals surface area contributed by atoms with Crippen LogP contribution in [0.2, 0.25) is 0 Å². The summed E-state index contributed by atoms with van der Waals surface area (Å²) in [4.78, 5) is 0. The zero-order valence-corrected chi connectivity index (χ0v) is 14.1. The molecule has 0 spiro atoms. The van der Waals surface area contributed by atoms with Gasteiger partial charge < -0.3 is 4.74 Å². The van der Waals surface area contributed by atoms with E-state index >= 15 is 0 Å². The molecule has 0 aliphatic carbocycles. The number of sulfonamides is 1. The van der Waals surface area contributed by atoms with E-state index in [4.69, 9.17) is 10.00 Å². The van der Waals surface area contributed by atoms with Crippen molar-refractivity contribution in [2.45, 2.75) is 25.1 Å². The molecule has 24 heavy (non-hydrogen) atoms. The second-order valence-corrected chi connectivity index (χ2v) is 7.71. The van der Waals surface area contributed by atoms with E-state index in [1.54, 1.807) is 24.3 Å². The lowest BCUT2D eigenvalue weighted by molar-refractivity contribution is 0.252. The van der Waals surface area contributed by atoms with E-state index in [0.29, 0.717) is 24.2 Å². The Morgan fingerprint density at radius 1 is 1.25 bits per heavy atom. The average molecular weight is 342 g/mol. The summed E-state index contributed by atoms with van der Waals surface area (Å²) < 4.78 is 33.2. The van der Waals surface area contributed by atoms with Crippen molar-refractivity contribution in [3.8, 4) is 11.8 Å². The molecule has 1 atom stereocenters. The van der Waals surface area contributed by atoms with Crippen molar-refractivity contribution in [3.05, 3.63) is 64.7 Å². The Balaban J connectivity index is 1.68. The third-order valence-corrected chi connectivity index (χ3v) is 5.38. The summed E-state index contributed by atoms with van der Waals surface area (Å²) in [6, 6.07) is 14.2. The van der Waals surface area contributed by atoms with Gasteiger partial charge in [0.25, 0.3) is 0 Å². The highest BCUT2D eigenvalue weighted by Gasteiger charge is 2.25. The topological polar surface area (TPSA) is 79.2 Å². The van der Waals surface area contributed by atoms with Crippen LogP contribution in [0.25, 0.3) is 0 Å². The number of nitrogens with one attached hydrogen (secondary N) is 1. The number of rotatable bonds is 4. The van der Waals surface area contributed by atoms with Gasteiger partial charge in [-0.15, -0.1) is 0 Å². The first-order valence-electron chi connectivity index (χ1n) is 7.67. The lowest BCUT2D eigenvalue weighted by atomic mass is 10.0. The summed E-state index contributed by atoms with van der Waals surface area (Å²) in [5.74, 6) is 0.746. The lowest BCUT2D eigenvalue weighted by Crippen LogP contribution is -2.43. The predicted octanol–water partition coefficient (Wildman–Crippen LogP) is 2.29. The monoisotopic (exact) mass is 342 g/mol. The quantitative estimate of drug-likeness (QED) is 0.924. The number of ether oxygens (including phenoxy) is 1. The van der Waals surface area contributed by atoms with E-state index in [9.17, 15) is 8.42 Å². The highest BCUT2D eigenvalue weighted by molar-refractivity contribution is 7.88. The van der Waals surface area contributed by atoms with Crippen LogP contribution in [0.3, 0.4) is 0 Å². The van der Waals surface area contributed by atoms with Gasteiger partial charge in [-0.25, -0.2) is 13.1 Å². The molecule has 0 radical (unpaired) electrons. The van der Waals surface area contributed by atoms with Crippen LogP contribution in [0.4, 0.5) is 0 Å². The van der Waals surface area contributed by atoms with Crippen LogP contribution in [0.15, 0.2) is 42.5 Å². The fraction of sp³-hybridized carbons (Fsp3) is 0.278. The maximum atomic E-state index is 12.4. The summed E-state index contributed by atoms with van der Waals surface area (Å²) in [5, 5.41) is 8.78. The van der Waals surface area contributed by atoms with Crippen molar-refractivity contribution in [2.75, 3.05) is 6.61 Å². The molecule has 1 unspecified atom stereocenters. The molecule has 0 amide bonds. The van der Waals surface area contributed by atoms with Crippen LogP contribution >= 0.6 is 0 Å². The van der Waals surface area contributed by atoms with Crippen LogP contribution < -0.4 is 9.46 Å². The fourth-order valence-corrected chi connectivity index (χ4v) is 4.23. The zero-order chi connectivity index (χ0) is 17.2. The predicted molar refractivity (Wildman–Crippen MR) is 91.1 cm³/mol. The molecule has 0 aromatic heterocycles. The summed E-state index contributed by atoms with van der Waals surface area (Å²) in [6.45, 7) is 2.30. The summed E-state index contributed by atoms with van der Waals surface area (Å²) in [7, 11) is -3.48. The van der Waals surface area contributed by atoms with Gasteiger partial charge in [0, 0.05) is 0 Å². The Kier molecular flexibility index (Phi) is 4.56. The van der Waals surface area contributed by atoms with Crippen molar-refractivity contribution in [2.24, 2.45) is 0 Å². The molecule has 124 valence electrons. The first-order chi connectivity index (χ1) is 11.5. The Bertz CT molecular complexity index is 883. The third kappa shape index (κ3) is 3.75. The smallest absolute Gasteiger partial charge is 0.216 e. The Labute approximate surface area is 141 Å². The molecule has 2 aromatic rings. The molecular formula is C18H18N2O3S. The van der Waals surface area contributed by atoms with Gasteiger partial charge in [0.15, 0.2) is 0 Å². The minimum absolute atomic E-state index is 0.115. The van der Waals surface area contributed by atoms with Gasteiger partial charge in [0.1, 0.15) is 12.4 Å². The third-order valence-electron chi connectivity index (χ3n) is 3.97. The van der Waals surface area contributed by atoms with Crippen LogP contribution in [0.1, 0.15) is 22.3 Å².